The zero-order chi connectivity index (χ0) is 21.8. The number of benzene rings is 3. The molecule has 0 spiro atoms. The van der Waals surface area contributed by atoms with Gasteiger partial charge in [0.15, 0.2) is 5.78 Å². The molecule has 0 saturated carbocycles. The average molecular weight is 417 g/mol. The standard InChI is InChI=1S/C25H23NO5/c1-17-14-22(26(28)29)19-11-7-12-20(19)25(17)31-24-13-6-5-10-21(24)23(27)16-30-15-18-8-3-2-4-9-18/h2-6,8-10,13-14H,7,11-12,15-16H2,1H3. The molecular weight excluding hydrogens is 394 g/mol. The number of carbonyl (C=O) groups is 1. The smallest absolute Gasteiger partial charge is 0.273 e. The molecule has 0 aromatic heterocycles. The molecule has 0 atom stereocenters. The van der Waals surface area contributed by atoms with Crippen molar-refractivity contribution in [3.8, 4) is 11.5 Å². The molecule has 0 radical (unpaired) electrons. The molecule has 31 heavy (non-hydrogen) atoms. The van der Waals surface area contributed by atoms with Gasteiger partial charge in [0.1, 0.15) is 18.1 Å². The Bertz CT molecular complexity index is 1120. The van der Waals surface area contributed by atoms with Crippen LogP contribution in [0.2, 0.25) is 0 Å². The molecule has 3 aromatic rings. The average Bonchev–Trinajstić information content (AvgIpc) is 3.26. The topological polar surface area (TPSA) is 78.7 Å². The van der Waals surface area contributed by atoms with Crippen molar-refractivity contribution in [3.63, 3.8) is 0 Å². The van der Waals surface area contributed by atoms with Crippen molar-refractivity contribution >= 4 is 11.5 Å². The van der Waals surface area contributed by atoms with Crippen LogP contribution in [0, 0.1) is 17.0 Å². The molecule has 0 bridgehead atoms. The second-order valence-corrected chi connectivity index (χ2v) is 7.61. The number of hydrogen-bond donors (Lipinski definition) is 0. The number of carbonyl (C=O) groups excluding carboxylic acids is 1. The number of ether oxygens (including phenoxy) is 2. The van der Waals surface area contributed by atoms with Crippen molar-refractivity contribution in [3.05, 3.63) is 98.6 Å². The van der Waals surface area contributed by atoms with Crippen LogP contribution >= 0.6 is 0 Å². The van der Waals surface area contributed by atoms with E-state index < -0.39 is 0 Å². The van der Waals surface area contributed by atoms with Crippen molar-refractivity contribution in [1.82, 2.24) is 0 Å². The number of ketones is 1. The van der Waals surface area contributed by atoms with Crippen LogP contribution in [0.4, 0.5) is 5.69 Å². The minimum absolute atomic E-state index is 0.0629. The number of nitro benzene ring substituents is 1. The fraction of sp³-hybridized carbons (Fsp3) is 0.240. The molecule has 0 amide bonds. The summed E-state index contributed by atoms with van der Waals surface area (Å²) in [5, 5.41) is 11.4. The number of Topliss-reactive ketones (excluding diaryl/α,β-unsaturated/α-hetero) is 1. The lowest BCUT2D eigenvalue weighted by Crippen LogP contribution is -2.11. The molecule has 0 saturated heterocycles. The Morgan fingerprint density at radius 2 is 1.74 bits per heavy atom. The van der Waals surface area contributed by atoms with Crippen LogP contribution in [0.25, 0.3) is 0 Å². The molecule has 158 valence electrons. The monoisotopic (exact) mass is 417 g/mol. The lowest BCUT2D eigenvalue weighted by Gasteiger charge is -2.16. The third kappa shape index (κ3) is 4.49. The SMILES string of the molecule is Cc1cc([N+](=O)[O-])c2c(c1Oc1ccccc1C(=O)COCc1ccccc1)CCC2. The normalized spacial score (nSPS) is 12.4. The Morgan fingerprint density at radius 1 is 1.03 bits per heavy atom. The quantitative estimate of drug-likeness (QED) is 0.271. The Balaban J connectivity index is 1.55. The van der Waals surface area contributed by atoms with Crippen LogP contribution in [-0.4, -0.2) is 17.3 Å². The van der Waals surface area contributed by atoms with Gasteiger partial charge in [-0.1, -0.05) is 42.5 Å². The molecule has 0 fully saturated rings. The van der Waals surface area contributed by atoms with Crippen LogP contribution in [0.1, 0.15) is 39.0 Å². The van der Waals surface area contributed by atoms with E-state index in [2.05, 4.69) is 0 Å². The highest BCUT2D eigenvalue weighted by molar-refractivity contribution is 5.99. The highest BCUT2D eigenvalue weighted by atomic mass is 16.6. The second kappa shape index (κ2) is 9.10. The zero-order valence-corrected chi connectivity index (χ0v) is 17.3. The predicted octanol–water partition coefficient (Wildman–Crippen LogP) is 5.58. The number of para-hydroxylation sites is 1. The summed E-state index contributed by atoms with van der Waals surface area (Å²) in [6.45, 7) is 2.09. The molecule has 0 unspecified atom stereocenters. The molecule has 0 aliphatic heterocycles. The van der Waals surface area contributed by atoms with Crippen LogP contribution in [0.15, 0.2) is 60.7 Å². The van der Waals surface area contributed by atoms with E-state index in [1.54, 1.807) is 37.3 Å². The molecule has 4 rings (SSSR count). The third-order valence-corrected chi connectivity index (χ3v) is 5.45. The van der Waals surface area contributed by atoms with E-state index in [0.717, 1.165) is 29.5 Å². The van der Waals surface area contributed by atoms with Gasteiger partial charge in [-0.2, -0.15) is 0 Å². The van der Waals surface area contributed by atoms with Gasteiger partial charge in [-0.15, -0.1) is 0 Å². The number of nitro groups is 1. The summed E-state index contributed by atoms with van der Waals surface area (Å²) in [5.41, 5.74) is 3.87. The number of aryl methyl sites for hydroxylation is 1. The van der Waals surface area contributed by atoms with Crippen molar-refractivity contribution < 1.29 is 19.2 Å². The summed E-state index contributed by atoms with van der Waals surface area (Å²) in [6, 6.07) is 18.3. The van der Waals surface area contributed by atoms with Crippen LogP contribution < -0.4 is 4.74 Å². The van der Waals surface area contributed by atoms with Gasteiger partial charge in [0.2, 0.25) is 0 Å². The first-order valence-electron chi connectivity index (χ1n) is 10.3. The Morgan fingerprint density at radius 3 is 2.52 bits per heavy atom. The fourth-order valence-electron chi connectivity index (χ4n) is 3.99. The molecule has 3 aromatic carbocycles. The molecule has 6 nitrogen and oxygen atoms in total. The van der Waals surface area contributed by atoms with Gasteiger partial charge in [-0.25, -0.2) is 0 Å². The van der Waals surface area contributed by atoms with Gasteiger partial charge < -0.3 is 9.47 Å². The minimum atomic E-state index is -0.331. The summed E-state index contributed by atoms with van der Waals surface area (Å²) in [6.07, 6.45) is 2.24. The zero-order valence-electron chi connectivity index (χ0n) is 17.3. The summed E-state index contributed by atoms with van der Waals surface area (Å²) in [4.78, 5) is 23.9. The highest BCUT2D eigenvalue weighted by Gasteiger charge is 2.28. The molecular formula is C25H23NO5. The van der Waals surface area contributed by atoms with Gasteiger partial charge in [0, 0.05) is 17.2 Å². The van der Waals surface area contributed by atoms with Gasteiger partial charge in [0.05, 0.1) is 17.1 Å². The molecule has 1 aliphatic carbocycles. The van der Waals surface area contributed by atoms with E-state index in [1.807, 2.05) is 30.3 Å². The van der Waals surface area contributed by atoms with E-state index in [9.17, 15) is 14.9 Å². The minimum Gasteiger partial charge on any atom is -0.456 e. The van der Waals surface area contributed by atoms with Crippen molar-refractivity contribution in [2.45, 2.75) is 32.8 Å². The predicted molar refractivity (Wildman–Crippen MR) is 117 cm³/mol. The van der Waals surface area contributed by atoms with E-state index in [0.29, 0.717) is 35.7 Å². The molecule has 1 aliphatic rings. The van der Waals surface area contributed by atoms with E-state index in [4.69, 9.17) is 9.47 Å². The molecule has 0 heterocycles. The fourth-order valence-corrected chi connectivity index (χ4v) is 3.99. The largest absolute Gasteiger partial charge is 0.456 e. The van der Waals surface area contributed by atoms with Crippen LogP contribution in [0.3, 0.4) is 0 Å². The number of rotatable bonds is 8. The maximum absolute atomic E-state index is 12.8. The number of hydrogen-bond acceptors (Lipinski definition) is 5. The maximum Gasteiger partial charge on any atom is 0.273 e. The molecule has 0 N–H and O–H groups in total. The van der Waals surface area contributed by atoms with E-state index in [-0.39, 0.29) is 23.0 Å². The van der Waals surface area contributed by atoms with Crippen molar-refractivity contribution in [2.24, 2.45) is 0 Å². The summed E-state index contributed by atoms with van der Waals surface area (Å²) < 4.78 is 11.8. The van der Waals surface area contributed by atoms with Crippen LogP contribution in [0.5, 0.6) is 11.5 Å². The first kappa shape index (κ1) is 20.8. The Hall–Kier alpha value is -3.51. The number of fused-ring (bicyclic) bond motifs is 1. The molecule has 6 heteroatoms. The summed E-state index contributed by atoms with van der Waals surface area (Å²) >= 11 is 0. The second-order valence-electron chi connectivity index (χ2n) is 7.61. The lowest BCUT2D eigenvalue weighted by atomic mass is 10.0. The Kier molecular flexibility index (Phi) is 6.09. The van der Waals surface area contributed by atoms with Gasteiger partial charge in [-0.05, 0) is 49.4 Å². The van der Waals surface area contributed by atoms with E-state index >= 15 is 0 Å². The van der Waals surface area contributed by atoms with E-state index in [1.165, 1.54) is 0 Å². The van der Waals surface area contributed by atoms with Gasteiger partial charge in [0.25, 0.3) is 5.69 Å². The maximum atomic E-state index is 12.8. The first-order chi connectivity index (χ1) is 15.0. The van der Waals surface area contributed by atoms with Crippen molar-refractivity contribution in [2.75, 3.05) is 6.61 Å². The van der Waals surface area contributed by atoms with Crippen molar-refractivity contribution in [1.29, 1.82) is 0 Å². The Labute approximate surface area is 180 Å². The highest BCUT2D eigenvalue weighted by Crippen LogP contribution is 2.42. The summed E-state index contributed by atoms with van der Waals surface area (Å²) in [7, 11) is 0. The van der Waals surface area contributed by atoms with Crippen LogP contribution in [-0.2, 0) is 24.2 Å². The van der Waals surface area contributed by atoms with Gasteiger partial charge >= 0.3 is 0 Å². The van der Waals surface area contributed by atoms with Gasteiger partial charge in [-0.3, -0.25) is 14.9 Å². The number of nitrogens with zero attached hydrogens (tertiary/aromatic N) is 1. The first-order valence-corrected chi connectivity index (χ1v) is 10.3. The summed E-state index contributed by atoms with van der Waals surface area (Å²) in [5.74, 6) is 0.869. The lowest BCUT2D eigenvalue weighted by molar-refractivity contribution is -0.385. The third-order valence-electron chi connectivity index (χ3n) is 5.45.